The maximum atomic E-state index is 13.6. The first-order chi connectivity index (χ1) is 9.74. The quantitative estimate of drug-likeness (QED) is 0.743. The van der Waals surface area contributed by atoms with Crippen LogP contribution in [0, 0.1) is 5.82 Å². The molecule has 0 atom stereocenters. The normalized spacial score (nSPS) is 10.7. The lowest BCUT2D eigenvalue weighted by molar-refractivity contribution is 0.539. The van der Waals surface area contributed by atoms with Crippen LogP contribution in [0.4, 0.5) is 4.39 Å². The second-order valence-electron chi connectivity index (χ2n) is 4.21. The number of aromatic nitrogens is 4. The molecule has 0 spiro atoms. The minimum atomic E-state index is -0.288. The molecule has 100 valence electrons. The Morgan fingerprint density at radius 1 is 1.05 bits per heavy atom. The third-order valence-electron chi connectivity index (χ3n) is 2.84. The first-order valence-corrected chi connectivity index (χ1v) is 6.38. The summed E-state index contributed by atoms with van der Waals surface area (Å²) in [6, 6.07) is 13.7. The molecule has 0 saturated heterocycles. The highest BCUT2D eigenvalue weighted by molar-refractivity contribution is 6.33. The Bertz CT molecular complexity index is 741. The summed E-state index contributed by atoms with van der Waals surface area (Å²) >= 11 is 6.08. The van der Waals surface area contributed by atoms with E-state index in [1.54, 1.807) is 24.3 Å². The van der Waals surface area contributed by atoms with Crippen LogP contribution in [-0.4, -0.2) is 20.2 Å². The number of hydrogen-bond acceptors (Lipinski definition) is 3. The van der Waals surface area contributed by atoms with E-state index in [9.17, 15) is 4.39 Å². The fourth-order valence-electron chi connectivity index (χ4n) is 1.84. The standard InChI is InChI=1S/C14H10ClFN4/c15-12-7-3-2-6-11(12)14-17-19-20(18-14)9-10-5-1-4-8-13(10)16/h1-8H,9H2. The molecule has 1 heterocycles. The van der Waals surface area contributed by atoms with Gasteiger partial charge in [0.25, 0.3) is 0 Å². The lowest BCUT2D eigenvalue weighted by Gasteiger charge is -2.00. The Labute approximate surface area is 119 Å². The largest absolute Gasteiger partial charge is 0.207 e. The molecule has 0 N–H and O–H groups in total. The van der Waals surface area contributed by atoms with Crippen molar-refractivity contribution in [1.82, 2.24) is 20.2 Å². The van der Waals surface area contributed by atoms with E-state index in [4.69, 9.17) is 11.6 Å². The van der Waals surface area contributed by atoms with Crippen molar-refractivity contribution >= 4 is 11.6 Å². The Morgan fingerprint density at radius 3 is 2.60 bits per heavy atom. The smallest absolute Gasteiger partial charge is 0.206 e. The van der Waals surface area contributed by atoms with Crippen molar-refractivity contribution in [3.63, 3.8) is 0 Å². The summed E-state index contributed by atoms with van der Waals surface area (Å²) in [5.41, 5.74) is 1.21. The molecule has 0 radical (unpaired) electrons. The number of rotatable bonds is 3. The molecule has 0 aliphatic rings. The van der Waals surface area contributed by atoms with Gasteiger partial charge in [-0.3, -0.25) is 0 Å². The van der Waals surface area contributed by atoms with Crippen molar-refractivity contribution < 1.29 is 4.39 Å². The van der Waals surface area contributed by atoms with Crippen LogP contribution in [0.2, 0.25) is 5.02 Å². The lowest BCUT2D eigenvalue weighted by atomic mass is 10.2. The zero-order chi connectivity index (χ0) is 13.9. The Hall–Kier alpha value is -2.27. The summed E-state index contributed by atoms with van der Waals surface area (Å²) < 4.78 is 13.6. The fraction of sp³-hybridized carbons (Fsp3) is 0.0714. The van der Waals surface area contributed by atoms with E-state index < -0.39 is 0 Å². The molecule has 0 fully saturated rings. The Kier molecular flexibility index (Phi) is 3.43. The maximum absolute atomic E-state index is 13.6. The average Bonchev–Trinajstić information content (AvgIpc) is 2.90. The van der Waals surface area contributed by atoms with E-state index in [-0.39, 0.29) is 12.4 Å². The van der Waals surface area contributed by atoms with Crippen LogP contribution >= 0.6 is 11.6 Å². The lowest BCUT2D eigenvalue weighted by Crippen LogP contribution is -2.05. The van der Waals surface area contributed by atoms with E-state index >= 15 is 0 Å². The molecule has 6 heteroatoms. The molecule has 20 heavy (non-hydrogen) atoms. The first kappa shape index (κ1) is 12.7. The topological polar surface area (TPSA) is 43.6 Å². The van der Waals surface area contributed by atoms with Gasteiger partial charge in [-0.1, -0.05) is 41.9 Å². The van der Waals surface area contributed by atoms with Gasteiger partial charge in [-0.2, -0.15) is 4.80 Å². The summed E-state index contributed by atoms with van der Waals surface area (Å²) in [5.74, 6) is 0.135. The van der Waals surface area contributed by atoms with Crippen LogP contribution in [0.15, 0.2) is 48.5 Å². The van der Waals surface area contributed by atoms with E-state index in [0.29, 0.717) is 22.0 Å². The molecule has 0 unspecified atom stereocenters. The highest BCUT2D eigenvalue weighted by Gasteiger charge is 2.10. The minimum Gasteiger partial charge on any atom is -0.207 e. The van der Waals surface area contributed by atoms with Crippen LogP contribution in [0.3, 0.4) is 0 Å². The van der Waals surface area contributed by atoms with Crippen LogP contribution in [0.1, 0.15) is 5.56 Å². The van der Waals surface area contributed by atoms with E-state index in [1.807, 2.05) is 18.2 Å². The second kappa shape index (κ2) is 5.38. The van der Waals surface area contributed by atoms with Crippen LogP contribution < -0.4 is 0 Å². The van der Waals surface area contributed by atoms with Crippen molar-refractivity contribution in [2.24, 2.45) is 0 Å². The van der Waals surface area contributed by atoms with E-state index in [0.717, 1.165) is 0 Å². The van der Waals surface area contributed by atoms with Gasteiger partial charge in [0.1, 0.15) is 5.82 Å². The SMILES string of the molecule is Fc1ccccc1Cn1nnc(-c2ccccc2Cl)n1. The highest BCUT2D eigenvalue weighted by atomic mass is 35.5. The van der Waals surface area contributed by atoms with Gasteiger partial charge in [-0.25, -0.2) is 4.39 Å². The summed E-state index contributed by atoms with van der Waals surface area (Å²) in [4.78, 5) is 1.34. The monoisotopic (exact) mass is 288 g/mol. The van der Waals surface area contributed by atoms with Gasteiger partial charge in [0.05, 0.1) is 11.6 Å². The third kappa shape index (κ3) is 2.53. The van der Waals surface area contributed by atoms with Gasteiger partial charge < -0.3 is 0 Å². The summed E-state index contributed by atoms with van der Waals surface area (Å²) in [5, 5.41) is 12.6. The zero-order valence-corrected chi connectivity index (χ0v) is 11.1. The van der Waals surface area contributed by atoms with Crippen LogP contribution in [-0.2, 0) is 6.54 Å². The maximum Gasteiger partial charge on any atom is 0.206 e. The molecule has 2 aromatic carbocycles. The fourth-order valence-corrected chi connectivity index (χ4v) is 2.06. The van der Waals surface area contributed by atoms with Crippen molar-refractivity contribution in [2.75, 3.05) is 0 Å². The number of tetrazole rings is 1. The van der Waals surface area contributed by atoms with Crippen LogP contribution in [0.5, 0.6) is 0 Å². The van der Waals surface area contributed by atoms with Crippen molar-refractivity contribution in [1.29, 1.82) is 0 Å². The summed E-state index contributed by atoms with van der Waals surface area (Å²) in [7, 11) is 0. The van der Waals surface area contributed by atoms with E-state index in [2.05, 4.69) is 15.4 Å². The van der Waals surface area contributed by atoms with E-state index in [1.165, 1.54) is 10.9 Å². The predicted molar refractivity (Wildman–Crippen MR) is 73.8 cm³/mol. The second-order valence-corrected chi connectivity index (χ2v) is 4.62. The summed E-state index contributed by atoms with van der Waals surface area (Å²) in [6.45, 7) is 0.226. The first-order valence-electron chi connectivity index (χ1n) is 6.00. The Morgan fingerprint density at radius 2 is 1.80 bits per heavy atom. The molecule has 3 aromatic rings. The molecule has 0 aliphatic carbocycles. The molecule has 4 nitrogen and oxygen atoms in total. The van der Waals surface area contributed by atoms with Gasteiger partial charge in [0.2, 0.25) is 5.82 Å². The van der Waals surface area contributed by atoms with Crippen LogP contribution in [0.25, 0.3) is 11.4 Å². The third-order valence-corrected chi connectivity index (χ3v) is 3.17. The van der Waals surface area contributed by atoms with Gasteiger partial charge in [0.15, 0.2) is 0 Å². The highest BCUT2D eigenvalue weighted by Crippen LogP contribution is 2.23. The molecule has 0 aliphatic heterocycles. The predicted octanol–water partition coefficient (Wildman–Crippen LogP) is 3.18. The minimum absolute atomic E-state index is 0.226. The van der Waals surface area contributed by atoms with Crippen molar-refractivity contribution in [3.8, 4) is 11.4 Å². The molecule has 0 bridgehead atoms. The Balaban J connectivity index is 1.88. The van der Waals surface area contributed by atoms with Gasteiger partial charge >= 0.3 is 0 Å². The number of benzene rings is 2. The molecular weight excluding hydrogens is 279 g/mol. The molecule has 3 rings (SSSR count). The van der Waals surface area contributed by atoms with Gasteiger partial charge in [0, 0.05) is 11.1 Å². The molecule has 1 aromatic heterocycles. The van der Waals surface area contributed by atoms with Gasteiger partial charge in [-0.15, -0.1) is 10.2 Å². The van der Waals surface area contributed by atoms with Crippen molar-refractivity contribution in [2.45, 2.75) is 6.54 Å². The molecular formula is C14H10ClFN4. The number of nitrogens with zero attached hydrogens (tertiary/aromatic N) is 4. The summed E-state index contributed by atoms with van der Waals surface area (Å²) in [6.07, 6.45) is 0. The number of halogens is 2. The molecule has 0 saturated carbocycles. The van der Waals surface area contributed by atoms with Gasteiger partial charge in [-0.05, 0) is 23.4 Å². The average molecular weight is 289 g/mol. The van der Waals surface area contributed by atoms with Crippen molar-refractivity contribution in [3.05, 3.63) is 64.9 Å². The number of hydrogen-bond donors (Lipinski definition) is 0. The molecule has 0 amide bonds. The zero-order valence-electron chi connectivity index (χ0n) is 10.4.